The molecule has 1 atom stereocenters. The van der Waals surface area contributed by atoms with Gasteiger partial charge in [-0.1, -0.05) is 12.8 Å². The third kappa shape index (κ3) is 4.55. The molecule has 3 heterocycles. The number of rotatable bonds is 6. The van der Waals surface area contributed by atoms with Crippen molar-refractivity contribution in [3.05, 3.63) is 11.9 Å². The van der Waals surface area contributed by atoms with Crippen molar-refractivity contribution in [3.8, 4) is 0 Å². The second-order valence-corrected chi connectivity index (χ2v) is 10.2. The van der Waals surface area contributed by atoms with Crippen LogP contribution in [0.3, 0.4) is 0 Å². The topological polar surface area (TPSA) is 67.7 Å². The zero-order valence-corrected chi connectivity index (χ0v) is 17.2. The highest BCUT2D eigenvalue weighted by Crippen LogP contribution is 2.25. The summed E-state index contributed by atoms with van der Waals surface area (Å²) in [5.74, 6) is 0. The fourth-order valence-corrected chi connectivity index (χ4v) is 5.62. The van der Waals surface area contributed by atoms with Gasteiger partial charge in [-0.25, -0.2) is 13.4 Å². The molecule has 8 heteroatoms. The standard InChI is InChI=1S/C19H32N4O3S/c1-27(24,25)19-20-13-17(23(19)15-18-7-4-12-26-18)14-21-8-10-22(11-9-21)16-5-2-3-6-16/h13,16,18H,2-12,14-15H2,1H3. The molecule has 3 aliphatic rings. The summed E-state index contributed by atoms with van der Waals surface area (Å²) in [7, 11) is -3.35. The minimum atomic E-state index is -3.35. The smallest absolute Gasteiger partial charge is 0.227 e. The highest BCUT2D eigenvalue weighted by Gasteiger charge is 2.28. The first-order chi connectivity index (χ1) is 13.0. The maximum atomic E-state index is 12.2. The predicted octanol–water partition coefficient (Wildman–Crippen LogP) is 1.53. The highest BCUT2D eigenvalue weighted by molar-refractivity contribution is 7.90. The van der Waals surface area contributed by atoms with Crippen LogP contribution >= 0.6 is 0 Å². The first kappa shape index (κ1) is 19.4. The Morgan fingerprint density at radius 2 is 1.85 bits per heavy atom. The molecule has 0 bridgehead atoms. The molecule has 1 aromatic rings. The van der Waals surface area contributed by atoms with Crippen LogP contribution in [0.15, 0.2) is 11.4 Å². The van der Waals surface area contributed by atoms with Crippen LogP contribution in [0.25, 0.3) is 0 Å². The van der Waals surface area contributed by atoms with Crippen molar-refractivity contribution in [2.45, 2.75) is 68.9 Å². The van der Waals surface area contributed by atoms with Gasteiger partial charge < -0.3 is 9.30 Å². The van der Waals surface area contributed by atoms with Crippen molar-refractivity contribution in [2.24, 2.45) is 0 Å². The number of ether oxygens (including phenoxy) is 1. The van der Waals surface area contributed by atoms with E-state index in [9.17, 15) is 8.42 Å². The number of hydrogen-bond acceptors (Lipinski definition) is 6. The fraction of sp³-hybridized carbons (Fsp3) is 0.842. The van der Waals surface area contributed by atoms with E-state index in [1.165, 1.54) is 31.9 Å². The first-order valence-corrected chi connectivity index (χ1v) is 12.2. The molecule has 1 unspecified atom stereocenters. The Bertz CT molecular complexity index is 728. The van der Waals surface area contributed by atoms with Crippen LogP contribution in [0.2, 0.25) is 0 Å². The first-order valence-electron chi connectivity index (χ1n) is 10.3. The lowest BCUT2D eigenvalue weighted by molar-refractivity contribution is 0.0847. The Morgan fingerprint density at radius 3 is 2.48 bits per heavy atom. The minimum Gasteiger partial charge on any atom is -0.376 e. The molecule has 1 aliphatic carbocycles. The van der Waals surface area contributed by atoms with Crippen molar-refractivity contribution in [3.63, 3.8) is 0 Å². The molecule has 7 nitrogen and oxygen atoms in total. The van der Waals surface area contributed by atoms with Crippen LogP contribution in [-0.2, 0) is 27.7 Å². The van der Waals surface area contributed by atoms with Crippen LogP contribution in [0.4, 0.5) is 0 Å². The van der Waals surface area contributed by atoms with Gasteiger partial charge in [0.05, 0.1) is 24.5 Å². The fourth-order valence-electron chi connectivity index (χ4n) is 4.79. The second-order valence-electron chi connectivity index (χ2n) is 8.30. The van der Waals surface area contributed by atoms with Crippen LogP contribution in [0.1, 0.15) is 44.2 Å². The van der Waals surface area contributed by atoms with E-state index in [1.54, 1.807) is 6.20 Å². The number of hydrogen-bond donors (Lipinski definition) is 0. The van der Waals surface area contributed by atoms with Crippen molar-refractivity contribution in [1.82, 2.24) is 19.4 Å². The lowest BCUT2D eigenvalue weighted by Crippen LogP contribution is -2.49. The lowest BCUT2D eigenvalue weighted by atomic mass is 10.2. The summed E-state index contributed by atoms with van der Waals surface area (Å²) in [6.45, 7) is 6.41. The quantitative estimate of drug-likeness (QED) is 0.726. The summed E-state index contributed by atoms with van der Waals surface area (Å²) >= 11 is 0. The van der Waals surface area contributed by atoms with E-state index in [-0.39, 0.29) is 11.3 Å². The Labute approximate surface area is 162 Å². The van der Waals surface area contributed by atoms with Gasteiger partial charge in [0, 0.05) is 51.6 Å². The van der Waals surface area contributed by atoms with Gasteiger partial charge in [0.25, 0.3) is 0 Å². The summed E-state index contributed by atoms with van der Waals surface area (Å²) in [5, 5.41) is 0.178. The van der Waals surface area contributed by atoms with Crippen molar-refractivity contribution in [1.29, 1.82) is 0 Å². The molecule has 0 radical (unpaired) electrons. The molecule has 27 heavy (non-hydrogen) atoms. The molecule has 3 fully saturated rings. The van der Waals surface area contributed by atoms with Gasteiger partial charge >= 0.3 is 0 Å². The van der Waals surface area contributed by atoms with E-state index < -0.39 is 9.84 Å². The van der Waals surface area contributed by atoms with E-state index in [2.05, 4.69) is 14.8 Å². The van der Waals surface area contributed by atoms with E-state index >= 15 is 0 Å². The Hall–Kier alpha value is -0.960. The van der Waals surface area contributed by atoms with Crippen LogP contribution < -0.4 is 0 Å². The molecule has 152 valence electrons. The lowest BCUT2D eigenvalue weighted by Gasteiger charge is -2.38. The third-order valence-corrected chi connectivity index (χ3v) is 7.27. The van der Waals surface area contributed by atoms with Crippen LogP contribution in [0.5, 0.6) is 0 Å². The average molecular weight is 397 g/mol. The largest absolute Gasteiger partial charge is 0.376 e. The molecule has 2 saturated heterocycles. The molecular weight excluding hydrogens is 364 g/mol. The van der Waals surface area contributed by atoms with Gasteiger partial charge in [-0.2, -0.15) is 0 Å². The van der Waals surface area contributed by atoms with Crippen molar-refractivity contribution < 1.29 is 13.2 Å². The molecule has 1 aromatic heterocycles. The van der Waals surface area contributed by atoms with E-state index in [4.69, 9.17) is 4.74 Å². The number of imidazole rings is 1. The number of nitrogens with zero attached hydrogens (tertiary/aromatic N) is 4. The summed E-state index contributed by atoms with van der Waals surface area (Å²) in [4.78, 5) is 9.33. The van der Waals surface area contributed by atoms with E-state index in [1.807, 2.05) is 4.57 Å². The zero-order valence-electron chi connectivity index (χ0n) is 16.3. The molecule has 4 rings (SSSR count). The van der Waals surface area contributed by atoms with Gasteiger partial charge in [0.2, 0.25) is 15.0 Å². The SMILES string of the molecule is CS(=O)(=O)c1ncc(CN2CCN(C3CCCC3)CC2)n1CC1CCCO1. The van der Waals surface area contributed by atoms with Crippen LogP contribution in [0, 0.1) is 0 Å². The van der Waals surface area contributed by atoms with Gasteiger partial charge in [-0.3, -0.25) is 9.80 Å². The Balaban J connectivity index is 1.43. The molecule has 0 spiro atoms. The number of sulfone groups is 1. The number of aromatic nitrogens is 2. The Morgan fingerprint density at radius 1 is 1.11 bits per heavy atom. The zero-order chi connectivity index (χ0) is 18.9. The van der Waals surface area contributed by atoms with Crippen LogP contribution in [-0.4, -0.2) is 79.0 Å². The third-order valence-electron chi connectivity index (χ3n) is 6.28. The minimum absolute atomic E-state index is 0.0951. The van der Waals surface area contributed by atoms with Crippen molar-refractivity contribution >= 4 is 9.84 Å². The number of piperazine rings is 1. The normalized spacial score (nSPS) is 26.2. The van der Waals surface area contributed by atoms with Gasteiger partial charge in [-0.05, 0) is 25.7 Å². The van der Waals surface area contributed by atoms with Gasteiger partial charge in [0.1, 0.15) is 0 Å². The summed E-state index contributed by atoms with van der Waals surface area (Å²) < 4.78 is 32.0. The Kier molecular flexibility index (Phi) is 5.87. The van der Waals surface area contributed by atoms with Crippen molar-refractivity contribution in [2.75, 3.05) is 39.0 Å². The molecule has 1 saturated carbocycles. The van der Waals surface area contributed by atoms with E-state index in [0.29, 0.717) is 6.54 Å². The van der Waals surface area contributed by atoms with Gasteiger partial charge in [0.15, 0.2) is 0 Å². The molecular formula is C19H32N4O3S. The molecule has 0 aromatic carbocycles. The van der Waals surface area contributed by atoms with E-state index in [0.717, 1.165) is 63.9 Å². The molecule has 0 N–H and O–H groups in total. The summed E-state index contributed by atoms with van der Waals surface area (Å²) in [6.07, 6.45) is 10.6. The summed E-state index contributed by atoms with van der Waals surface area (Å²) in [6, 6.07) is 0.786. The molecule has 0 amide bonds. The predicted molar refractivity (Wildman–Crippen MR) is 103 cm³/mol. The van der Waals surface area contributed by atoms with Gasteiger partial charge in [-0.15, -0.1) is 0 Å². The highest BCUT2D eigenvalue weighted by atomic mass is 32.2. The maximum Gasteiger partial charge on any atom is 0.227 e. The maximum absolute atomic E-state index is 12.2. The summed E-state index contributed by atoms with van der Waals surface area (Å²) in [5.41, 5.74) is 0.986. The molecule has 2 aliphatic heterocycles. The second kappa shape index (κ2) is 8.19. The monoisotopic (exact) mass is 396 g/mol. The average Bonchev–Trinajstić information content (AvgIpc) is 3.38.